The van der Waals surface area contributed by atoms with Gasteiger partial charge in [-0.25, -0.2) is 0 Å². The van der Waals surface area contributed by atoms with Gasteiger partial charge in [0.05, 0.1) is 12.6 Å². The summed E-state index contributed by atoms with van der Waals surface area (Å²) in [5.41, 5.74) is 6.64. The van der Waals surface area contributed by atoms with Crippen molar-refractivity contribution in [2.45, 2.75) is 57.8 Å². The quantitative estimate of drug-likeness (QED) is 0.546. The van der Waals surface area contributed by atoms with E-state index in [1.54, 1.807) is 11.0 Å². The van der Waals surface area contributed by atoms with Crippen molar-refractivity contribution < 1.29 is 19.4 Å². The number of ether oxygens (including phenoxy) is 1. The van der Waals surface area contributed by atoms with Crippen LogP contribution in [0.4, 0.5) is 0 Å². The summed E-state index contributed by atoms with van der Waals surface area (Å²) in [5, 5.41) is 12.9. The van der Waals surface area contributed by atoms with Gasteiger partial charge in [0.25, 0.3) is 5.91 Å². The van der Waals surface area contributed by atoms with Gasteiger partial charge in [-0.05, 0) is 47.2 Å². The van der Waals surface area contributed by atoms with Crippen molar-refractivity contribution in [1.29, 1.82) is 0 Å². The van der Waals surface area contributed by atoms with Crippen LogP contribution in [0.25, 0.3) is 0 Å². The molecule has 3 heterocycles. The number of rotatable bonds is 6. The molecule has 0 bridgehead atoms. The Hall–Kier alpha value is -3.68. The minimum Gasteiger partial charge on any atom is -0.489 e. The number of carbonyl (C=O) groups is 2. The fourth-order valence-corrected chi connectivity index (χ4v) is 5.75. The molecule has 2 amide bonds. The molecule has 1 saturated heterocycles. The van der Waals surface area contributed by atoms with Gasteiger partial charge in [-0.1, -0.05) is 54.6 Å². The maximum atomic E-state index is 13.1. The van der Waals surface area contributed by atoms with E-state index >= 15 is 0 Å². The van der Waals surface area contributed by atoms with E-state index in [1.165, 1.54) is 16.7 Å². The second-order valence-electron chi connectivity index (χ2n) is 10.2. The normalized spacial score (nSPS) is 21.4. The summed E-state index contributed by atoms with van der Waals surface area (Å²) in [6, 6.07) is 22.3. The molecule has 0 aliphatic carbocycles. The Kier molecular flexibility index (Phi) is 6.40. The van der Waals surface area contributed by atoms with Crippen LogP contribution in [-0.2, 0) is 37.5 Å². The van der Waals surface area contributed by atoms with Gasteiger partial charge >= 0.3 is 0 Å². The lowest BCUT2D eigenvalue weighted by atomic mass is 9.99. The van der Waals surface area contributed by atoms with Gasteiger partial charge in [0.1, 0.15) is 18.6 Å². The summed E-state index contributed by atoms with van der Waals surface area (Å²) >= 11 is 0. The molecule has 7 heteroatoms. The third-order valence-electron chi connectivity index (χ3n) is 7.70. The topological polar surface area (TPSA) is 82.1 Å². The van der Waals surface area contributed by atoms with E-state index in [2.05, 4.69) is 58.7 Å². The predicted octanol–water partition coefficient (Wildman–Crippen LogP) is 3.38. The Morgan fingerprint density at radius 3 is 2.59 bits per heavy atom. The van der Waals surface area contributed by atoms with E-state index in [0.717, 1.165) is 37.2 Å². The number of hydrogen-bond acceptors (Lipinski definition) is 5. The number of fused-ring (bicyclic) bond motifs is 2. The van der Waals surface area contributed by atoms with E-state index < -0.39 is 12.3 Å². The summed E-state index contributed by atoms with van der Waals surface area (Å²) in [7, 11) is 0. The van der Waals surface area contributed by atoms with Gasteiger partial charge < -0.3 is 20.1 Å². The van der Waals surface area contributed by atoms with Gasteiger partial charge in [-0.2, -0.15) is 0 Å². The molecule has 190 valence electrons. The average Bonchev–Trinajstić information content (AvgIpc) is 3.24. The van der Waals surface area contributed by atoms with Gasteiger partial charge in [0, 0.05) is 37.2 Å². The first kappa shape index (κ1) is 23.7. The van der Waals surface area contributed by atoms with Crippen LogP contribution >= 0.6 is 0 Å². The van der Waals surface area contributed by atoms with Crippen LogP contribution in [0.1, 0.15) is 51.0 Å². The van der Waals surface area contributed by atoms with Crippen LogP contribution < -0.4 is 10.1 Å². The molecule has 3 aliphatic rings. The molecule has 2 N–H and O–H groups in total. The zero-order chi connectivity index (χ0) is 25.4. The molecule has 1 fully saturated rings. The van der Waals surface area contributed by atoms with E-state index in [-0.39, 0.29) is 11.8 Å². The maximum absolute atomic E-state index is 13.1. The molecule has 3 aliphatic heterocycles. The zero-order valence-electron chi connectivity index (χ0n) is 20.7. The lowest BCUT2D eigenvalue weighted by molar-refractivity contribution is -0.129. The number of nitrogens with one attached hydrogen (secondary N) is 1. The Morgan fingerprint density at radius 2 is 1.73 bits per heavy atom. The molecular weight excluding hydrogens is 466 g/mol. The third kappa shape index (κ3) is 4.84. The Balaban J connectivity index is 1.11. The number of nitrogens with zero attached hydrogens (tertiary/aromatic N) is 2. The highest BCUT2D eigenvalue weighted by molar-refractivity contribution is 5.99. The van der Waals surface area contributed by atoms with Crippen molar-refractivity contribution >= 4 is 11.8 Å². The van der Waals surface area contributed by atoms with Crippen molar-refractivity contribution in [3.63, 3.8) is 0 Å². The molecule has 0 saturated carbocycles. The number of aliphatic hydroxyl groups excluding tert-OH is 1. The van der Waals surface area contributed by atoms with E-state index in [4.69, 9.17) is 4.74 Å². The predicted molar refractivity (Wildman–Crippen MR) is 139 cm³/mol. The minimum atomic E-state index is -1.06. The third-order valence-corrected chi connectivity index (χ3v) is 7.70. The molecule has 3 aromatic carbocycles. The monoisotopic (exact) mass is 497 g/mol. The first-order valence-electron chi connectivity index (χ1n) is 13.0. The van der Waals surface area contributed by atoms with Crippen molar-refractivity contribution in [3.05, 3.63) is 100 Å². The summed E-state index contributed by atoms with van der Waals surface area (Å²) < 4.78 is 6.23. The molecule has 7 nitrogen and oxygen atoms in total. The summed E-state index contributed by atoms with van der Waals surface area (Å²) in [6.45, 7) is 3.68. The number of piperidine rings is 1. The fourth-order valence-electron chi connectivity index (χ4n) is 5.75. The molecular formula is C30H31N3O4. The molecule has 0 spiro atoms. The maximum Gasteiger partial charge on any atom is 0.255 e. The lowest BCUT2D eigenvalue weighted by Gasteiger charge is -2.35. The molecule has 37 heavy (non-hydrogen) atoms. The van der Waals surface area contributed by atoms with E-state index in [9.17, 15) is 14.7 Å². The second-order valence-corrected chi connectivity index (χ2v) is 10.2. The lowest BCUT2D eigenvalue weighted by Crippen LogP contribution is -2.55. The van der Waals surface area contributed by atoms with E-state index in [1.807, 2.05) is 12.1 Å². The highest BCUT2D eigenvalue weighted by Gasteiger charge is 2.40. The summed E-state index contributed by atoms with van der Waals surface area (Å²) in [5.74, 6) is 0.357. The van der Waals surface area contributed by atoms with Crippen molar-refractivity contribution in [2.75, 3.05) is 6.54 Å². The molecule has 2 atom stereocenters. The molecule has 2 unspecified atom stereocenters. The number of aliphatic hydroxyl groups is 1. The van der Waals surface area contributed by atoms with Crippen LogP contribution in [0.2, 0.25) is 0 Å². The number of benzene rings is 3. The average molecular weight is 498 g/mol. The van der Waals surface area contributed by atoms with Crippen LogP contribution in [0.3, 0.4) is 0 Å². The van der Waals surface area contributed by atoms with Gasteiger partial charge in [0.15, 0.2) is 0 Å². The number of carbonyl (C=O) groups excluding carboxylic acids is 2. The molecule has 3 aromatic rings. The summed E-state index contributed by atoms with van der Waals surface area (Å²) in [6.07, 6.45) is 0.766. The number of amides is 2. The fraction of sp³-hybridized carbons (Fsp3) is 0.333. The first-order chi connectivity index (χ1) is 18.0. The van der Waals surface area contributed by atoms with Gasteiger partial charge in [-0.15, -0.1) is 0 Å². The molecule has 0 aromatic heterocycles. The van der Waals surface area contributed by atoms with Crippen molar-refractivity contribution in [3.8, 4) is 5.75 Å². The van der Waals surface area contributed by atoms with Crippen molar-refractivity contribution in [2.24, 2.45) is 0 Å². The van der Waals surface area contributed by atoms with Crippen LogP contribution in [0.5, 0.6) is 5.75 Å². The second kappa shape index (κ2) is 10.00. The van der Waals surface area contributed by atoms with Crippen LogP contribution in [0, 0.1) is 0 Å². The van der Waals surface area contributed by atoms with E-state index in [0.29, 0.717) is 37.3 Å². The van der Waals surface area contributed by atoms with Gasteiger partial charge in [0.2, 0.25) is 5.91 Å². The molecule has 0 radical (unpaired) electrons. The smallest absolute Gasteiger partial charge is 0.255 e. The largest absolute Gasteiger partial charge is 0.489 e. The zero-order valence-corrected chi connectivity index (χ0v) is 20.7. The Labute approximate surface area is 216 Å². The highest BCUT2D eigenvalue weighted by Crippen LogP contribution is 2.34. The van der Waals surface area contributed by atoms with Gasteiger partial charge in [-0.3, -0.25) is 14.5 Å². The summed E-state index contributed by atoms with van der Waals surface area (Å²) in [4.78, 5) is 28.8. The van der Waals surface area contributed by atoms with Crippen LogP contribution in [-0.4, -0.2) is 45.5 Å². The SMILES string of the molecule is O=C1CCC(N2Cc3c(OCc4cccc(CN5CCc6ccccc6C5)c4)cccc3C2=O)C(O)N1. The van der Waals surface area contributed by atoms with Crippen LogP contribution in [0.15, 0.2) is 66.7 Å². The minimum absolute atomic E-state index is 0.134. The first-order valence-corrected chi connectivity index (χ1v) is 13.0. The Morgan fingerprint density at radius 1 is 0.919 bits per heavy atom. The highest BCUT2D eigenvalue weighted by atomic mass is 16.5. The molecule has 6 rings (SSSR count). The number of hydrogen-bond donors (Lipinski definition) is 2. The standard InChI is InChI=1S/C30H31N3O4/c34-28-12-11-26(29(35)31-28)33-18-25-24(30(33)36)9-4-10-27(25)37-19-21-6-3-5-20(15-21)16-32-14-13-22-7-1-2-8-23(22)17-32/h1-10,15,26,29,35H,11-14,16-19H2,(H,31,34). The Bertz CT molecular complexity index is 1340. The van der Waals surface area contributed by atoms with Crippen molar-refractivity contribution in [1.82, 2.24) is 15.1 Å².